The summed E-state index contributed by atoms with van der Waals surface area (Å²) in [5.74, 6) is 0.714. The molecule has 0 radical (unpaired) electrons. The Kier molecular flexibility index (Phi) is 5.43. The molecule has 1 aliphatic rings. The van der Waals surface area contributed by atoms with Gasteiger partial charge >= 0.3 is 0 Å². The fraction of sp³-hybridized carbons (Fsp3) is 0.636. The van der Waals surface area contributed by atoms with Crippen molar-refractivity contribution in [2.45, 2.75) is 32.2 Å². The van der Waals surface area contributed by atoms with Gasteiger partial charge in [0.1, 0.15) is 5.15 Å². The maximum atomic E-state index is 6.01. The second-order valence-corrected chi connectivity index (χ2v) is 4.58. The monoisotopic (exact) mass is 276 g/mol. The number of aryl methyl sites for hydroxylation is 1. The van der Waals surface area contributed by atoms with E-state index in [1.165, 1.54) is 12.8 Å². The molecule has 0 amide bonds. The summed E-state index contributed by atoms with van der Waals surface area (Å²) in [4.78, 5) is 10.8. The minimum atomic E-state index is 0. The molecule has 2 rings (SSSR count). The highest BCUT2D eigenvalue weighted by Gasteiger charge is 2.23. The second kappa shape index (κ2) is 6.38. The number of nitrogens with zero attached hydrogens (tertiary/aromatic N) is 3. The van der Waals surface area contributed by atoms with Gasteiger partial charge in [0, 0.05) is 30.9 Å². The van der Waals surface area contributed by atoms with Crippen molar-refractivity contribution in [1.82, 2.24) is 9.97 Å². The number of hydrogen-bond donors (Lipinski definition) is 1. The predicted octanol–water partition coefficient (Wildman–Crippen LogP) is 2.18. The largest absolute Gasteiger partial charge is 0.337 e. The summed E-state index contributed by atoms with van der Waals surface area (Å²) in [6, 6.07) is 0.354. The number of aromatic nitrogens is 2. The lowest BCUT2D eigenvalue weighted by atomic mass is 10.0. The average Bonchev–Trinajstić information content (AvgIpc) is 2.32. The summed E-state index contributed by atoms with van der Waals surface area (Å²) in [7, 11) is 0. The molecule has 2 N–H and O–H groups in total. The molecule has 1 saturated heterocycles. The zero-order valence-electron chi connectivity index (χ0n) is 9.90. The SMILES string of the molecule is Cc1cnc(N2CCCCC2CN)nc1Cl.Cl. The van der Waals surface area contributed by atoms with Crippen LogP contribution in [0.5, 0.6) is 0 Å². The van der Waals surface area contributed by atoms with Crippen LogP contribution in [0.1, 0.15) is 24.8 Å². The number of hydrogen-bond acceptors (Lipinski definition) is 4. The average molecular weight is 277 g/mol. The summed E-state index contributed by atoms with van der Waals surface area (Å²) < 4.78 is 0. The van der Waals surface area contributed by atoms with Crippen molar-refractivity contribution < 1.29 is 0 Å². The second-order valence-electron chi connectivity index (χ2n) is 4.22. The molecule has 0 bridgehead atoms. The third-order valence-electron chi connectivity index (χ3n) is 3.05. The molecule has 1 aliphatic heterocycles. The highest BCUT2D eigenvalue weighted by Crippen LogP contribution is 2.23. The van der Waals surface area contributed by atoms with Crippen molar-refractivity contribution in [3.63, 3.8) is 0 Å². The van der Waals surface area contributed by atoms with Crippen LogP contribution in [0.15, 0.2) is 6.20 Å². The Balaban J connectivity index is 0.00000144. The Bertz CT molecular complexity index is 372. The minimum Gasteiger partial charge on any atom is -0.337 e. The number of halogens is 2. The smallest absolute Gasteiger partial charge is 0.227 e. The molecule has 96 valence electrons. The first-order valence-corrected chi connectivity index (χ1v) is 6.06. The molecule has 1 aromatic rings. The standard InChI is InChI=1S/C11H17ClN4.ClH/c1-8-7-14-11(15-10(8)12)16-5-3-2-4-9(16)6-13;/h7,9H,2-6,13H2,1H3;1H. The van der Waals surface area contributed by atoms with E-state index >= 15 is 0 Å². The van der Waals surface area contributed by atoms with Gasteiger partial charge in [0.2, 0.25) is 5.95 Å². The van der Waals surface area contributed by atoms with E-state index in [0.29, 0.717) is 23.7 Å². The first kappa shape index (κ1) is 14.5. The molecule has 17 heavy (non-hydrogen) atoms. The summed E-state index contributed by atoms with van der Waals surface area (Å²) in [5.41, 5.74) is 6.68. The summed E-state index contributed by atoms with van der Waals surface area (Å²) in [5, 5.41) is 0.534. The summed E-state index contributed by atoms with van der Waals surface area (Å²) >= 11 is 6.01. The van der Waals surface area contributed by atoms with Gasteiger partial charge in [-0.15, -0.1) is 12.4 Å². The lowest BCUT2D eigenvalue weighted by Crippen LogP contribution is -2.45. The van der Waals surface area contributed by atoms with Gasteiger partial charge in [0.25, 0.3) is 0 Å². The van der Waals surface area contributed by atoms with Crippen LogP contribution in [0.4, 0.5) is 5.95 Å². The van der Waals surface area contributed by atoms with E-state index < -0.39 is 0 Å². The molecule has 0 saturated carbocycles. The van der Waals surface area contributed by atoms with Crippen LogP contribution in [0.3, 0.4) is 0 Å². The van der Waals surface area contributed by atoms with Crippen molar-refractivity contribution in [2.24, 2.45) is 5.73 Å². The van der Waals surface area contributed by atoms with Crippen molar-refractivity contribution in [2.75, 3.05) is 18.0 Å². The van der Waals surface area contributed by atoms with Gasteiger partial charge in [-0.3, -0.25) is 0 Å². The molecule has 0 aliphatic carbocycles. The van der Waals surface area contributed by atoms with Crippen molar-refractivity contribution in [3.8, 4) is 0 Å². The quantitative estimate of drug-likeness (QED) is 0.842. The molecule has 6 heteroatoms. The fourth-order valence-corrected chi connectivity index (χ4v) is 2.18. The Morgan fingerprint density at radius 2 is 2.29 bits per heavy atom. The predicted molar refractivity (Wildman–Crippen MR) is 73.1 cm³/mol. The molecular weight excluding hydrogens is 259 g/mol. The van der Waals surface area contributed by atoms with Gasteiger partial charge in [-0.2, -0.15) is 0 Å². The van der Waals surface area contributed by atoms with Gasteiger partial charge in [0.05, 0.1) is 0 Å². The zero-order valence-corrected chi connectivity index (χ0v) is 11.5. The van der Waals surface area contributed by atoms with Crippen LogP contribution in [-0.4, -0.2) is 29.1 Å². The summed E-state index contributed by atoms with van der Waals surface area (Å²) in [6.45, 7) is 3.53. The molecular formula is C11H18Cl2N4. The van der Waals surface area contributed by atoms with Crippen LogP contribution in [0, 0.1) is 6.92 Å². The van der Waals surface area contributed by atoms with Gasteiger partial charge in [-0.1, -0.05) is 11.6 Å². The number of nitrogens with two attached hydrogens (primary N) is 1. The van der Waals surface area contributed by atoms with E-state index in [2.05, 4.69) is 14.9 Å². The third kappa shape index (κ3) is 3.21. The molecule has 0 aromatic carbocycles. The summed E-state index contributed by atoms with van der Waals surface area (Å²) in [6.07, 6.45) is 5.29. The molecule has 1 fully saturated rings. The van der Waals surface area contributed by atoms with Gasteiger partial charge in [-0.05, 0) is 26.2 Å². The molecule has 1 atom stereocenters. The Morgan fingerprint density at radius 1 is 1.53 bits per heavy atom. The van der Waals surface area contributed by atoms with E-state index in [1.807, 2.05) is 6.92 Å². The highest BCUT2D eigenvalue weighted by atomic mass is 35.5. The van der Waals surface area contributed by atoms with Crippen LogP contribution in [0.25, 0.3) is 0 Å². The molecule has 1 unspecified atom stereocenters. The normalized spacial score (nSPS) is 19.9. The van der Waals surface area contributed by atoms with E-state index in [-0.39, 0.29) is 12.4 Å². The fourth-order valence-electron chi connectivity index (χ4n) is 2.06. The maximum Gasteiger partial charge on any atom is 0.227 e. The van der Waals surface area contributed by atoms with Crippen molar-refractivity contribution in [1.29, 1.82) is 0 Å². The third-order valence-corrected chi connectivity index (χ3v) is 3.44. The van der Waals surface area contributed by atoms with Crippen LogP contribution in [-0.2, 0) is 0 Å². The maximum absolute atomic E-state index is 6.01. The Hall–Kier alpha value is -0.580. The number of anilines is 1. The lowest BCUT2D eigenvalue weighted by Gasteiger charge is -2.35. The molecule has 2 heterocycles. The van der Waals surface area contributed by atoms with Gasteiger partial charge in [-0.25, -0.2) is 9.97 Å². The number of rotatable bonds is 2. The van der Waals surface area contributed by atoms with Crippen LogP contribution < -0.4 is 10.6 Å². The van der Waals surface area contributed by atoms with Crippen molar-refractivity contribution in [3.05, 3.63) is 16.9 Å². The van der Waals surface area contributed by atoms with E-state index in [1.54, 1.807) is 6.20 Å². The van der Waals surface area contributed by atoms with Crippen LogP contribution in [0.2, 0.25) is 5.15 Å². The Labute approximate surface area is 113 Å². The molecule has 0 spiro atoms. The molecule has 1 aromatic heterocycles. The van der Waals surface area contributed by atoms with Crippen LogP contribution >= 0.6 is 24.0 Å². The highest BCUT2D eigenvalue weighted by molar-refractivity contribution is 6.30. The lowest BCUT2D eigenvalue weighted by molar-refractivity contribution is 0.458. The minimum absolute atomic E-state index is 0. The van der Waals surface area contributed by atoms with E-state index in [0.717, 1.165) is 18.5 Å². The zero-order chi connectivity index (χ0) is 11.5. The van der Waals surface area contributed by atoms with Gasteiger partial charge < -0.3 is 10.6 Å². The first-order chi connectivity index (χ1) is 7.72. The topological polar surface area (TPSA) is 55.0 Å². The Morgan fingerprint density at radius 3 is 2.94 bits per heavy atom. The number of piperidine rings is 1. The van der Waals surface area contributed by atoms with Gasteiger partial charge in [0.15, 0.2) is 0 Å². The van der Waals surface area contributed by atoms with E-state index in [4.69, 9.17) is 17.3 Å². The van der Waals surface area contributed by atoms with E-state index in [9.17, 15) is 0 Å². The first-order valence-electron chi connectivity index (χ1n) is 5.68. The molecule has 4 nitrogen and oxygen atoms in total. The van der Waals surface area contributed by atoms with Crippen molar-refractivity contribution >= 4 is 30.0 Å².